The molecule has 0 atom stereocenters. The average Bonchev–Trinajstić information content (AvgIpc) is 3.61. The van der Waals surface area contributed by atoms with Gasteiger partial charge in [-0.05, 0) is 79.8 Å². The van der Waals surface area contributed by atoms with E-state index < -0.39 is 0 Å². The van der Waals surface area contributed by atoms with Crippen LogP contribution in [0, 0.1) is 5.82 Å². The molecule has 0 unspecified atom stereocenters. The first kappa shape index (κ1) is 21.2. The second kappa shape index (κ2) is 9.13. The van der Waals surface area contributed by atoms with Gasteiger partial charge in [-0.2, -0.15) is 5.10 Å². The predicted octanol–water partition coefficient (Wildman–Crippen LogP) is 7.52. The number of halogens is 1. The number of anilines is 2. The van der Waals surface area contributed by atoms with E-state index in [1.54, 1.807) is 0 Å². The average molecular weight is 455 g/mol. The summed E-state index contributed by atoms with van der Waals surface area (Å²) in [5.74, 6) is 0.777. The topological polar surface area (TPSA) is 41.4 Å². The molecule has 6 rings (SSSR count). The van der Waals surface area contributed by atoms with E-state index in [-0.39, 0.29) is 5.82 Å². The fraction of sp³-hybridized carbons (Fsp3) is 0.345. The van der Waals surface area contributed by atoms with Crippen molar-refractivity contribution in [3.05, 3.63) is 72.5 Å². The zero-order valence-corrected chi connectivity index (χ0v) is 19.4. The van der Waals surface area contributed by atoms with Gasteiger partial charge in [-0.15, -0.1) is 0 Å². The summed E-state index contributed by atoms with van der Waals surface area (Å²) in [5, 5.41) is 12.5. The molecule has 0 aliphatic heterocycles. The summed E-state index contributed by atoms with van der Waals surface area (Å²) in [5.41, 5.74) is 6.20. The highest BCUT2D eigenvalue weighted by Gasteiger charge is 2.21. The molecule has 2 aliphatic carbocycles. The molecule has 2 saturated carbocycles. The molecule has 2 aromatic carbocycles. The Labute approximate surface area is 200 Å². The van der Waals surface area contributed by atoms with Gasteiger partial charge in [-0.3, -0.25) is 0 Å². The highest BCUT2D eigenvalue weighted by molar-refractivity contribution is 5.93. The molecule has 4 nitrogen and oxygen atoms in total. The van der Waals surface area contributed by atoms with Crippen LogP contribution in [-0.4, -0.2) is 21.7 Å². The molecule has 2 heterocycles. The Hall–Kier alpha value is -3.34. The lowest BCUT2D eigenvalue weighted by molar-refractivity contribution is 0.628. The van der Waals surface area contributed by atoms with Gasteiger partial charge in [-0.25, -0.2) is 8.91 Å². The number of hydrogen-bond donors (Lipinski definition) is 2. The third kappa shape index (κ3) is 4.15. The van der Waals surface area contributed by atoms with Crippen LogP contribution in [0.25, 0.3) is 27.9 Å². The Bertz CT molecular complexity index is 1280. The lowest BCUT2D eigenvalue weighted by Crippen LogP contribution is -2.16. The van der Waals surface area contributed by atoms with Crippen LogP contribution in [0.15, 0.2) is 66.7 Å². The normalized spacial score (nSPS) is 17.0. The lowest BCUT2D eigenvalue weighted by atomic mass is 9.99. The number of rotatable bonds is 6. The first-order valence-electron chi connectivity index (χ1n) is 12.7. The van der Waals surface area contributed by atoms with Crippen molar-refractivity contribution >= 4 is 17.0 Å². The zero-order chi connectivity index (χ0) is 22.9. The number of nitrogens with zero attached hydrogens (tertiary/aromatic N) is 2. The van der Waals surface area contributed by atoms with E-state index in [1.165, 1.54) is 63.5 Å². The van der Waals surface area contributed by atoms with Gasteiger partial charge in [-0.1, -0.05) is 43.9 Å². The van der Waals surface area contributed by atoms with Crippen LogP contribution >= 0.6 is 0 Å². The molecule has 0 spiro atoms. The minimum Gasteiger partial charge on any atom is -0.382 e. The molecule has 2 N–H and O–H groups in total. The van der Waals surface area contributed by atoms with Crippen molar-refractivity contribution in [3.63, 3.8) is 0 Å². The van der Waals surface area contributed by atoms with Gasteiger partial charge >= 0.3 is 0 Å². The fourth-order valence-electron chi connectivity index (χ4n) is 5.62. The van der Waals surface area contributed by atoms with Gasteiger partial charge in [0.1, 0.15) is 17.3 Å². The van der Waals surface area contributed by atoms with Crippen molar-refractivity contribution in [1.29, 1.82) is 0 Å². The minimum atomic E-state index is -0.236. The van der Waals surface area contributed by atoms with E-state index in [4.69, 9.17) is 5.10 Å². The second-order valence-corrected chi connectivity index (χ2v) is 9.77. The molecule has 34 heavy (non-hydrogen) atoms. The van der Waals surface area contributed by atoms with Gasteiger partial charge in [0.05, 0.1) is 5.52 Å². The second-order valence-electron chi connectivity index (χ2n) is 9.77. The van der Waals surface area contributed by atoms with E-state index in [9.17, 15) is 4.39 Å². The minimum absolute atomic E-state index is 0.236. The standard InChI is InChI=1S/C29H31FN4/c30-22-17-15-20(16-18-22)29-28(21-7-5-12-25(19-21)31-23-8-1-2-9-23)26-13-6-14-27(34(26)33-29)32-24-10-3-4-11-24/h5-7,12-19,23-24,31-32H,1-4,8-11H2. The largest absolute Gasteiger partial charge is 0.382 e. The number of hydrogen-bond acceptors (Lipinski definition) is 3. The van der Waals surface area contributed by atoms with Gasteiger partial charge in [0, 0.05) is 28.9 Å². The van der Waals surface area contributed by atoms with Crippen LogP contribution in [0.2, 0.25) is 0 Å². The molecule has 0 saturated heterocycles. The van der Waals surface area contributed by atoms with Crippen molar-refractivity contribution in [2.45, 2.75) is 63.5 Å². The molecule has 5 heteroatoms. The summed E-state index contributed by atoms with van der Waals surface area (Å²) in [4.78, 5) is 0. The molecule has 2 aliphatic rings. The van der Waals surface area contributed by atoms with E-state index in [2.05, 4.69) is 53.1 Å². The maximum Gasteiger partial charge on any atom is 0.128 e. The summed E-state index contributed by atoms with van der Waals surface area (Å²) in [6.45, 7) is 0. The Kier molecular flexibility index (Phi) is 5.69. The summed E-state index contributed by atoms with van der Waals surface area (Å²) in [6, 6.07) is 22.7. The summed E-state index contributed by atoms with van der Waals surface area (Å²) >= 11 is 0. The third-order valence-corrected chi connectivity index (χ3v) is 7.36. The monoisotopic (exact) mass is 454 g/mol. The maximum atomic E-state index is 13.7. The quantitative estimate of drug-likeness (QED) is 0.317. The third-order valence-electron chi connectivity index (χ3n) is 7.36. The molecule has 4 aromatic rings. The van der Waals surface area contributed by atoms with E-state index in [1.807, 2.05) is 16.6 Å². The molecule has 0 bridgehead atoms. The molecule has 2 fully saturated rings. The van der Waals surface area contributed by atoms with Gasteiger partial charge in [0.25, 0.3) is 0 Å². The molecule has 174 valence electrons. The molecule has 0 radical (unpaired) electrons. The van der Waals surface area contributed by atoms with E-state index >= 15 is 0 Å². The summed E-state index contributed by atoms with van der Waals surface area (Å²) < 4.78 is 15.8. The SMILES string of the molecule is Fc1ccc(-c2nn3c(NC4CCCC4)cccc3c2-c2cccc(NC3CCCC3)c2)cc1. The van der Waals surface area contributed by atoms with Crippen LogP contribution in [-0.2, 0) is 0 Å². The van der Waals surface area contributed by atoms with E-state index in [0.29, 0.717) is 12.1 Å². The van der Waals surface area contributed by atoms with Crippen LogP contribution in [0.5, 0.6) is 0 Å². The van der Waals surface area contributed by atoms with Crippen LogP contribution in [0.3, 0.4) is 0 Å². The number of aromatic nitrogens is 2. The first-order valence-corrected chi connectivity index (χ1v) is 12.7. The zero-order valence-electron chi connectivity index (χ0n) is 19.4. The molecule has 0 amide bonds. The number of nitrogens with one attached hydrogen (secondary N) is 2. The smallest absolute Gasteiger partial charge is 0.128 e. The van der Waals surface area contributed by atoms with Crippen LogP contribution in [0.1, 0.15) is 51.4 Å². The highest BCUT2D eigenvalue weighted by Crippen LogP contribution is 2.38. The summed E-state index contributed by atoms with van der Waals surface area (Å²) in [6.07, 6.45) is 10.0. The van der Waals surface area contributed by atoms with Gasteiger partial charge in [0.2, 0.25) is 0 Å². The van der Waals surface area contributed by atoms with Crippen molar-refractivity contribution in [1.82, 2.24) is 9.61 Å². The highest BCUT2D eigenvalue weighted by atomic mass is 19.1. The number of fused-ring (bicyclic) bond motifs is 1. The summed E-state index contributed by atoms with van der Waals surface area (Å²) in [7, 11) is 0. The van der Waals surface area contributed by atoms with Crippen LogP contribution in [0.4, 0.5) is 15.9 Å². The molecular formula is C29H31FN4. The van der Waals surface area contributed by atoms with Crippen molar-refractivity contribution in [3.8, 4) is 22.4 Å². The number of pyridine rings is 1. The Morgan fingerprint density at radius 1 is 0.735 bits per heavy atom. The van der Waals surface area contributed by atoms with Gasteiger partial charge < -0.3 is 10.6 Å². The predicted molar refractivity (Wildman–Crippen MR) is 138 cm³/mol. The molecular weight excluding hydrogens is 423 g/mol. The Balaban J connectivity index is 1.47. The fourth-order valence-corrected chi connectivity index (χ4v) is 5.62. The number of benzene rings is 2. The maximum absolute atomic E-state index is 13.7. The lowest BCUT2D eigenvalue weighted by Gasteiger charge is -2.15. The Morgan fingerprint density at radius 3 is 2.15 bits per heavy atom. The van der Waals surface area contributed by atoms with Crippen molar-refractivity contribution in [2.75, 3.05) is 10.6 Å². The molecule has 2 aromatic heterocycles. The van der Waals surface area contributed by atoms with Crippen molar-refractivity contribution < 1.29 is 4.39 Å². The first-order chi connectivity index (χ1) is 16.7. The van der Waals surface area contributed by atoms with Crippen LogP contribution < -0.4 is 10.6 Å². The Morgan fingerprint density at radius 2 is 1.41 bits per heavy atom. The van der Waals surface area contributed by atoms with Gasteiger partial charge in [0.15, 0.2) is 0 Å². The van der Waals surface area contributed by atoms with E-state index in [0.717, 1.165) is 39.4 Å². The van der Waals surface area contributed by atoms with Crippen molar-refractivity contribution in [2.24, 2.45) is 0 Å².